The van der Waals surface area contributed by atoms with Crippen LogP contribution in [-0.4, -0.2) is 34.3 Å². The van der Waals surface area contributed by atoms with Crippen molar-refractivity contribution in [3.63, 3.8) is 0 Å². The second kappa shape index (κ2) is 8.28. The summed E-state index contributed by atoms with van der Waals surface area (Å²) < 4.78 is 17.8. The fraction of sp³-hybridized carbons (Fsp3) is 0.400. The Kier molecular flexibility index (Phi) is 5.69. The van der Waals surface area contributed by atoms with Crippen LogP contribution < -0.4 is 4.74 Å². The van der Waals surface area contributed by atoms with E-state index in [0.29, 0.717) is 28.0 Å². The van der Waals surface area contributed by atoms with Crippen molar-refractivity contribution >= 4 is 30.8 Å². The molecule has 0 bridgehead atoms. The molecule has 0 N–H and O–H groups in total. The van der Waals surface area contributed by atoms with Crippen LogP contribution in [0, 0.1) is 5.92 Å². The Labute approximate surface area is 213 Å². The molecule has 0 unspecified atom stereocenters. The molecule has 0 aliphatic heterocycles. The Morgan fingerprint density at radius 2 is 1.72 bits per heavy atom. The molecule has 2 aliphatic rings. The van der Waals surface area contributed by atoms with Gasteiger partial charge in [-0.3, -0.25) is 4.79 Å². The molecular formula is C30H34O5Si. The summed E-state index contributed by atoms with van der Waals surface area (Å²) in [6, 6.07) is 11.5. The van der Waals surface area contributed by atoms with Crippen molar-refractivity contribution in [2.24, 2.45) is 5.92 Å². The van der Waals surface area contributed by atoms with Crippen LogP contribution in [0.1, 0.15) is 71.2 Å². The number of benzene rings is 3. The molecule has 0 radical (unpaired) electrons. The van der Waals surface area contributed by atoms with Gasteiger partial charge in [0.05, 0.1) is 31.5 Å². The molecule has 0 aromatic heterocycles. The molecule has 2 aliphatic carbocycles. The van der Waals surface area contributed by atoms with E-state index in [9.17, 15) is 9.59 Å². The second-order valence-electron chi connectivity index (χ2n) is 11.6. The zero-order valence-corrected chi connectivity index (χ0v) is 23.4. The van der Waals surface area contributed by atoms with Gasteiger partial charge < -0.3 is 13.9 Å². The predicted octanol–water partition coefficient (Wildman–Crippen LogP) is 7.10. The first-order chi connectivity index (χ1) is 16.9. The third-order valence-electron chi connectivity index (χ3n) is 8.38. The largest absolute Gasteiger partial charge is 0.496 e. The molecule has 0 saturated heterocycles. The molecule has 0 saturated carbocycles. The fourth-order valence-electron chi connectivity index (χ4n) is 5.53. The molecule has 188 valence electrons. The minimum atomic E-state index is -2.07. The van der Waals surface area contributed by atoms with Gasteiger partial charge in [-0.05, 0) is 70.7 Å². The number of hydrogen-bond acceptors (Lipinski definition) is 5. The molecule has 6 heteroatoms. The SMILES string of the molecule is COC(=O)c1cc2c3c(ccc4c3c1-c1cccc(OC)c1C4=O)[C@@H](O[Si](C)(C)C(C)(C)C)[C@H](C)C2. The van der Waals surface area contributed by atoms with Crippen LogP contribution in [0.15, 0.2) is 36.4 Å². The number of carbonyl (C=O) groups excluding carboxylic acids is 2. The molecule has 0 fully saturated rings. The Morgan fingerprint density at radius 1 is 1.00 bits per heavy atom. The first-order valence-corrected chi connectivity index (χ1v) is 15.4. The number of ether oxygens (including phenoxy) is 2. The maximum absolute atomic E-state index is 13.8. The Balaban J connectivity index is 1.86. The summed E-state index contributed by atoms with van der Waals surface area (Å²) in [6.45, 7) is 13.5. The Morgan fingerprint density at radius 3 is 2.36 bits per heavy atom. The van der Waals surface area contributed by atoms with E-state index in [1.807, 2.05) is 24.3 Å². The summed E-state index contributed by atoms with van der Waals surface area (Å²) >= 11 is 0. The van der Waals surface area contributed by atoms with Crippen LogP contribution in [0.2, 0.25) is 18.1 Å². The number of carbonyl (C=O) groups is 2. The average Bonchev–Trinajstić information content (AvgIpc) is 2.83. The van der Waals surface area contributed by atoms with E-state index in [4.69, 9.17) is 13.9 Å². The molecule has 36 heavy (non-hydrogen) atoms. The normalized spacial score (nSPS) is 18.7. The van der Waals surface area contributed by atoms with Gasteiger partial charge in [0.15, 0.2) is 14.1 Å². The minimum Gasteiger partial charge on any atom is -0.496 e. The zero-order chi connectivity index (χ0) is 26.2. The summed E-state index contributed by atoms with van der Waals surface area (Å²) in [4.78, 5) is 26.9. The van der Waals surface area contributed by atoms with E-state index in [1.54, 1.807) is 13.2 Å². The number of esters is 1. The maximum Gasteiger partial charge on any atom is 0.338 e. The molecule has 0 spiro atoms. The highest BCUT2D eigenvalue weighted by molar-refractivity contribution is 6.74. The lowest BCUT2D eigenvalue weighted by Crippen LogP contribution is -2.43. The summed E-state index contributed by atoms with van der Waals surface area (Å²) in [7, 11) is 0.888. The lowest BCUT2D eigenvalue weighted by Gasteiger charge is -2.43. The summed E-state index contributed by atoms with van der Waals surface area (Å²) in [5, 5.41) is 1.94. The van der Waals surface area contributed by atoms with Gasteiger partial charge in [0.1, 0.15) is 5.75 Å². The molecule has 5 rings (SSSR count). The van der Waals surface area contributed by atoms with Crippen LogP contribution >= 0.6 is 0 Å². The van der Waals surface area contributed by atoms with Crippen LogP contribution in [0.4, 0.5) is 0 Å². The van der Waals surface area contributed by atoms with Gasteiger partial charge in [0, 0.05) is 16.5 Å². The quantitative estimate of drug-likeness (QED) is 0.220. The molecule has 3 aromatic rings. The predicted molar refractivity (Wildman–Crippen MR) is 145 cm³/mol. The zero-order valence-electron chi connectivity index (χ0n) is 22.4. The van der Waals surface area contributed by atoms with Gasteiger partial charge in [-0.2, -0.15) is 0 Å². The van der Waals surface area contributed by atoms with E-state index >= 15 is 0 Å². The first-order valence-electron chi connectivity index (χ1n) is 12.5. The van der Waals surface area contributed by atoms with Crippen molar-refractivity contribution in [2.45, 2.75) is 58.4 Å². The fourth-order valence-corrected chi connectivity index (χ4v) is 6.88. The number of methoxy groups -OCH3 is 2. The topological polar surface area (TPSA) is 61.8 Å². The lowest BCUT2D eigenvalue weighted by atomic mass is 9.73. The highest BCUT2D eigenvalue weighted by Crippen LogP contribution is 2.52. The molecule has 3 aromatic carbocycles. The van der Waals surface area contributed by atoms with E-state index in [-0.39, 0.29) is 22.8 Å². The number of rotatable bonds is 4. The van der Waals surface area contributed by atoms with Gasteiger partial charge >= 0.3 is 5.97 Å². The third kappa shape index (κ3) is 3.45. The third-order valence-corrected chi connectivity index (χ3v) is 12.8. The Bertz CT molecular complexity index is 1430. The van der Waals surface area contributed by atoms with Crippen molar-refractivity contribution in [1.29, 1.82) is 0 Å². The molecule has 0 heterocycles. The van der Waals surface area contributed by atoms with Crippen LogP contribution in [0.5, 0.6) is 5.75 Å². The van der Waals surface area contributed by atoms with Gasteiger partial charge in [0.25, 0.3) is 0 Å². The van der Waals surface area contributed by atoms with Crippen molar-refractivity contribution in [1.82, 2.24) is 0 Å². The number of ketones is 1. The van der Waals surface area contributed by atoms with Gasteiger partial charge in [0.2, 0.25) is 0 Å². The minimum absolute atomic E-state index is 0.0723. The highest BCUT2D eigenvalue weighted by atomic mass is 28.4. The van der Waals surface area contributed by atoms with Crippen molar-refractivity contribution in [2.75, 3.05) is 14.2 Å². The second-order valence-corrected chi connectivity index (χ2v) is 16.4. The lowest BCUT2D eigenvalue weighted by molar-refractivity contribution is 0.0601. The van der Waals surface area contributed by atoms with Gasteiger partial charge in [-0.1, -0.05) is 45.9 Å². The maximum atomic E-state index is 13.8. The highest BCUT2D eigenvalue weighted by Gasteiger charge is 2.43. The summed E-state index contributed by atoms with van der Waals surface area (Å²) in [5.41, 5.74) is 5.17. The van der Waals surface area contributed by atoms with E-state index in [1.165, 1.54) is 7.11 Å². The smallest absolute Gasteiger partial charge is 0.338 e. The summed E-state index contributed by atoms with van der Waals surface area (Å²) in [6.07, 6.45) is 0.682. The first kappa shape index (κ1) is 24.7. The van der Waals surface area contributed by atoms with Crippen molar-refractivity contribution in [3.8, 4) is 16.9 Å². The molecule has 0 amide bonds. The number of fused-ring (bicyclic) bond motifs is 2. The van der Waals surface area contributed by atoms with Gasteiger partial charge in [-0.15, -0.1) is 0 Å². The number of hydrogen-bond donors (Lipinski definition) is 0. The monoisotopic (exact) mass is 502 g/mol. The van der Waals surface area contributed by atoms with E-state index in [0.717, 1.165) is 33.9 Å². The van der Waals surface area contributed by atoms with Crippen molar-refractivity contribution in [3.05, 3.63) is 64.2 Å². The van der Waals surface area contributed by atoms with Crippen LogP contribution in [0.3, 0.4) is 0 Å². The Hall–Kier alpha value is -2.96. The van der Waals surface area contributed by atoms with E-state index < -0.39 is 14.3 Å². The molecule has 2 atom stereocenters. The standard InChI is InChI=1S/C30H34O5Si/c1-16-14-17-15-21(29(32)34-6)24-18-10-9-11-22(33-5)25(18)27(31)19-12-13-20(23(17)26(19)24)28(16)35-36(7,8)30(2,3)4/h9-13,15-16,28H,14H2,1-8H3/t16-,28+/m1/s1. The summed E-state index contributed by atoms with van der Waals surface area (Å²) in [5.74, 6) is 0.230. The van der Waals surface area contributed by atoms with Gasteiger partial charge in [-0.25, -0.2) is 4.79 Å². The van der Waals surface area contributed by atoms with E-state index in [2.05, 4.69) is 46.9 Å². The average molecular weight is 503 g/mol. The van der Waals surface area contributed by atoms with Crippen molar-refractivity contribution < 1.29 is 23.5 Å². The molecular weight excluding hydrogens is 468 g/mol. The molecule has 5 nitrogen and oxygen atoms in total. The van der Waals surface area contributed by atoms with Crippen LogP contribution in [-0.2, 0) is 15.6 Å². The van der Waals surface area contributed by atoms with Crippen LogP contribution in [0.25, 0.3) is 21.9 Å².